The van der Waals surface area contributed by atoms with Gasteiger partial charge in [-0.1, -0.05) is 18.2 Å². The number of methoxy groups -OCH3 is 1. The number of aryl methyl sites for hydroxylation is 1. The fraction of sp³-hybridized carbons (Fsp3) is 0.375. The molecule has 8 heteroatoms. The molecule has 8 nitrogen and oxygen atoms in total. The van der Waals surface area contributed by atoms with Crippen LogP contribution in [-0.4, -0.2) is 63.5 Å². The molecule has 0 bridgehead atoms. The van der Waals surface area contributed by atoms with Gasteiger partial charge in [-0.05, 0) is 48.7 Å². The predicted molar refractivity (Wildman–Crippen MR) is 126 cm³/mol. The summed E-state index contributed by atoms with van der Waals surface area (Å²) in [5.41, 5.74) is 2.92. The van der Waals surface area contributed by atoms with Crippen LogP contribution in [0.25, 0.3) is 0 Å². The zero-order chi connectivity index (χ0) is 23.3. The largest absolute Gasteiger partial charge is 0.385 e. The third kappa shape index (κ3) is 8.77. The second-order valence-electron chi connectivity index (χ2n) is 7.57. The molecule has 0 fully saturated rings. The first-order valence-electron chi connectivity index (χ1n) is 10.6. The minimum Gasteiger partial charge on any atom is -0.385 e. The predicted octanol–water partition coefficient (Wildman–Crippen LogP) is 2.52. The molecule has 0 aromatic heterocycles. The van der Waals surface area contributed by atoms with Gasteiger partial charge in [-0.25, -0.2) is 0 Å². The highest BCUT2D eigenvalue weighted by molar-refractivity contribution is 5.98. The molecule has 0 radical (unpaired) electrons. The van der Waals surface area contributed by atoms with Crippen molar-refractivity contribution in [2.45, 2.75) is 19.3 Å². The number of rotatable bonds is 12. The molecule has 0 aliphatic heterocycles. The van der Waals surface area contributed by atoms with Gasteiger partial charge in [0, 0.05) is 57.7 Å². The summed E-state index contributed by atoms with van der Waals surface area (Å²) in [7, 11) is 5.11. The van der Waals surface area contributed by atoms with Gasteiger partial charge in [-0.2, -0.15) is 0 Å². The van der Waals surface area contributed by atoms with Gasteiger partial charge in [0.15, 0.2) is 0 Å². The molecule has 3 N–H and O–H groups in total. The van der Waals surface area contributed by atoms with Crippen molar-refractivity contribution in [2.75, 3.05) is 51.5 Å². The normalized spacial score (nSPS) is 10.3. The number of nitrogens with zero attached hydrogens (tertiary/aromatic N) is 1. The van der Waals surface area contributed by atoms with Gasteiger partial charge >= 0.3 is 0 Å². The number of carbonyl (C=O) groups excluding carboxylic acids is 3. The molecular weight excluding hydrogens is 408 g/mol. The average molecular weight is 441 g/mol. The van der Waals surface area contributed by atoms with Crippen LogP contribution in [0.4, 0.5) is 11.4 Å². The molecule has 0 heterocycles. The number of hydrogen-bond acceptors (Lipinski definition) is 5. The second kappa shape index (κ2) is 13.1. The van der Waals surface area contributed by atoms with Crippen molar-refractivity contribution in [1.82, 2.24) is 10.2 Å². The molecule has 0 unspecified atom stereocenters. The van der Waals surface area contributed by atoms with Crippen molar-refractivity contribution in [1.29, 1.82) is 0 Å². The smallest absolute Gasteiger partial charge is 0.251 e. The van der Waals surface area contributed by atoms with Crippen molar-refractivity contribution in [3.05, 3.63) is 59.7 Å². The highest BCUT2D eigenvalue weighted by atomic mass is 16.5. The van der Waals surface area contributed by atoms with Gasteiger partial charge in [-0.15, -0.1) is 0 Å². The molecule has 2 rings (SSSR count). The van der Waals surface area contributed by atoms with E-state index < -0.39 is 0 Å². The van der Waals surface area contributed by atoms with Crippen LogP contribution in [0.15, 0.2) is 48.5 Å². The maximum Gasteiger partial charge on any atom is 0.251 e. The van der Waals surface area contributed by atoms with Crippen LogP contribution in [0.1, 0.15) is 28.8 Å². The second-order valence-corrected chi connectivity index (χ2v) is 7.57. The van der Waals surface area contributed by atoms with E-state index in [2.05, 4.69) is 16.0 Å². The zero-order valence-corrected chi connectivity index (χ0v) is 18.9. The molecule has 0 atom stereocenters. The van der Waals surface area contributed by atoms with Crippen LogP contribution in [-0.2, 0) is 20.7 Å². The quantitative estimate of drug-likeness (QED) is 0.441. The Labute approximate surface area is 189 Å². The number of anilines is 2. The molecule has 0 saturated carbocycles. The van der Waals surface area contributed by atoms with Crippen LogP contribution in [0, 0.1) is 0 Å². The maximum absolute atomic E-state index is 12.3. The Balaban J connectivity index is 1.79. The molecule has 2 aromatic carbocycles. The Bertz CT molecular complexity index is 897. The van der Waals surface area contributed by atoms with E-state index >= 15 is 0 Å². The highest BCUT2D eigenvalue weighted by Crippen LogP contribution is 2.13. The zero-order valence-electron chi connectivity index (χ0n) is 18.9. The lowest BCUT2D eigenvalue weighted by molar-refractivity contribution is -0.128. The number of hydrogen-bond donors (Lipinski definition) is 3. The first-order chi connectivity index (χ1) is 15.4. The third-order valence-electron chi connectivity index (χ3n) is 4.75. The Kier molecular flexibility index (Phi) is 10.2. The molecule has 0 spiro atoms. The van der Waals surface area contributed by atoms with E-state index in [1.54, 1.807) is 50.4 Å². The van der Waals surface area contributed by atoms with Crippen LogP contribution in [0.5, 0.6) is 0 Å². The molecule has 32 heavy (non-hydrogen) atoms. The van der Waals surface area contributed by atoms with Crippen LogP contribution in [0.2, 0.25) is 0 Å². The fourth-order valence-corrected chi connectivity index (χ4v) is 2.91. The lowest BCUT2D eigenvalue weighted by Gasteiger charge is -2.11. The van der Waals surface area contributed by atoms with Crippen molar-refractivity contribution < 1.29 is 19.1 Å². The molecule has 2 aromatic rings. The molecule has 3 amide bonds. The first-order valence-corrected chi connectivity index (χ1v) is 10.6. The molecule has 172 valence electrons. The summed E-state index contributed by atoms with van der Waals surface area (Å²) in [6, 6.07) is 14.5. The van der Waals surface area contributed by atoms with E-state index in [0.717, 1.165) is 17.7 Å². The van der Waals surface area contributed by atoms with Gasteiger partial charge in [0.1, 0.15) is 0 Å². The van der Waals surface area contributed by atoms with Crippen molar-refractivity contribution in [3.8, 4) is 0 Å². The number of carbonyl (C=O) groups is 3. The molecule has 0 aliphatic carbocycles. The Hall–Kier alpha value is -3.39. The Morgan fingerprint density at radius 1 is 1.00 bits per heavy atom. The topological polar surface area (TPSA) is 99.8 Å². The summed E-state index contributed by atoms with van der Waals surface area (Å²) in [6.07, 6.45) is 1.88. The number of ether oxygens (including phenoxy) is 1. The SMILES string of the molecule is COCCCNC(=O)c1cccc(NC(=O)CNc2ccc(CCC(=O)N(C)C)cc2)c1. The number of benzene rings is 2. The van der Waals surface area contributed by atoms with E-state index in [0.29, 0.717) is 37.2 Å². The fourth-order valence-electron chi connectivity index (χ4n) is 2.91. The highest BCUT2D eigenvalue weighted by Gasteiger charge is 2.08. The standard InChI is InChI=1S/C24H32N4O4/c1-28(2)23(30)13-10-18-8-11-20(12-9-18)26-17-22(29)27-21-7-4-6-19(16-21)24(31)25-14-5-15-32-3/h4,6-9,11-12,16,26H,5,10,13-15,17H2,1-3H3,(H,25,31)(H,27,29). The maximum atomic E-state index is 12.3. The van der Waals surface area contributed by atoms with E-state index in [1.807, 2.05) is 24.3 Å². The molecular formula is C24H32N4O4. The number of nitrogens with one attached hydrogen (secondary N) is 3. The summed E-state index contributed by atoms with van der Waals surface area (Å²) < 4.78 is 4.96. The molecule has 0 saturated heterocycles. The van der Waals surface area contributed by atoms with Crippen molar-refractivity contribution in [2.24, 2.45) is 0 Å². The van der Waals surface area contributed by atoms with Gasteiger partial charge in [0.2, 0.25) is 11.8 Å². The van der Waals surface area contributed by atoms with Gasteiger partial charge in [-0.3, -0.25) is 14.4 Å². The molecule has 0 aliphatic rings. The third-order valence-corrected chi connectivity index (χ3v) is 4.75. The number of amides is 3. The lowest BCUT2D eigenvalue weighted by Crippen LogP contribution is -2.25. The van der Waals surface area contributed by atoms with E-state index in [1.165, 1.54) is 0 Å². The van der Waals surface area contributed by atoms with E-state index in [9.17, 15) is 14.4 Å². The van der Waals surface area contributed by atoms with Crippen molar-refractivity contribution in [3.63, 3.8) is 0 Å². The first kappa shape index (κ1) is 24.9. The summed E-state index contributed by atoms with van der Waals surface area (Å²) in [5, 5.41) is 8.69. The van der Waals surface area contributed by atoms with Gasteiger partial charge in [0.25, 0.3) is 5.91 Å². The van der Waals surface area contributed by atoms with Crippen LogP contribution in [0.3, 0.4) is 0 Å². The summed E-state index contributed by atoms with van der Waals surface area (Å²) in [4.78, 5) is 37.8. The van der Waals surface area contributed by atoms with E-state index in [-0.39, 0.29) is 24.3 Å². The van der Waals surface area contributed by atoms with Crippen molar-refractivity contribution >= 4 is 29.1 Å². The minimum atomic E-state index is -0.219. The average Bonchev–Trinajstić information content (AvgIpc) is 2.79. The monoisotopic (exact) mass is 440 g/mol. The van der Waals surface area contributed by atoms with Gasteiger partial charge in [0.05, 0.1) is 6.54 Å². The van der Waals surface area contributed by atoms with E-state index in [4.69, 9.17) is 4.74 Å². The minimum absolute atomic E-state index is 0.0892. The lowest BCUT2D eigenvalue weighted by atomic mass is 10.1. The summed E-state index contributed by atoms with van der Waals surface area (Å²) >= 11 is 0. The Morgan fingerprint density at radius 2 is 1.75 bits per heavy atom. The van der Waals surface area contributed by atoms with Gasteiger partial charge < -0.3 is 25.6 Å². The Morgan fingerprint density at radius 3 is 2.44 bits per heavy atom. The summed E-state index contributed by atoms with van der Waals surface area (Å²) in [6.45, 7) is 1.20. The van der Waals surface area contributed by atoms with Crippen LogP contribution < -0.4 is 16.0 Å². The summed E-state index contributed by atoms with van der Waals surface area (Å²) in [5.74, 6) is -0.317. The van der Waals surface area contributed by atoms with Crippen LogP contribution >= 0.6 is 0 Å².